The van der Waals surface area contributed by atoms with E-state index in [1.165, 1.54) is 0 Å². The molecule has 0 amide bonds. The topological polar surface area (TPSA) is 109 Å². The summed E-state index contributed by atoms with van der Waals surface area (Å²) in [6, 6.07) is 10.0. The number of nitrogens with zero attached hydrogens (tertiary/aromatic N) is 5. The van der Waals surface area contributed by atoms with Crippen LogP contribution >= 0.6 is 23.1 Å². The summed E-state index contributed by atoms with van der Waals surface area (Å²) >= 11 is 3.56. The number of ether oxygens (including phenoxy) is 1. The number of hydrogen-bond donors (Lipinski definition) is 3. The lowest BCUT2D eigenvalue weighted by Gasteiger charge is -2.31. The molecular formula is C28H34BrN8O2P. The fourth-order valence-corrected chi connectivity index (χ4v) is 6.27. The van der Waals surface area contributed by atoms with Gasteiger partial charge in [-0.05, 0) is 54.4 Å². The number of halogens is 1. The minimum Gasteiger partial charge on any atom is -0.494 e. The molecule has 3 heterocycles. The third-order valence-corrected chi connectivity index (χ3v) is 8.88. The molecule has 0 saturated carbocycles. The van der Waals surface area contributed by atoms with E-state index < -0.39 is 7.14 Å². The second kappa shape index (κ2) is 11.6. The zero-order valence-corrected chi connectivity index (χ0v) is 25.8. The van der Waals surface area contributed by atoms with Crippen LogP contribution in [0.5, 0.6) is 5.75 Å². The van der Waals surface area contributed by atoms with Crippen LogP contribution in [0.4, 0.5) is 28.8 Å². The van der Waals surface area contributed by atoms with E-state index in [1.807, 2.05) is 44.6 Å². The first-order valence-corrected chi connectivity index (χ1v) is 16.4. The van der Waals surface area contributed by atoms with E-state index in [4.69, 9.17) is 9.72 Å². The summed E-state index contributed by atoms with van der Waals surface area (Å²) in [5.41, 5.74) is 5.68. The quantitative estimate of drug-likeness (QED) is 0.231. The number of hydrogen-bond acceptors (Lipinski definition) is 9. The molecule has 3 N–H and O–H groups in total. The normalized spacial score (nSPS) is 13.8. The molecule has 2 aromatic heterocycles. The summed E-state index contributed by atoms with van der Waals surface area (Å²) < 4.78 is 21.3. The molecule has 1 aliphatic rings. The first-order valence-electron chi connectivity index (χ1n) is 13.0. The van der Waals surface area contributed by atoms with Crippen LogP contribution in [0.1, 0.15) is 5.56 Å². The smallest absolute Gasteiger partial charge is 0.229 e. The van der Waals surface area contributed by atoms with E-state index >= 15 is 0 Å². The molecule has 0 unspecified atom stereocenters. The number of anilines is 5. The Morgan fingerprint density at radius 3 is 2.52 bits per heavy atom. The lowest BCUT2D eigenvalue weighted by atomic mass is 10.0. The van der Waals surface area contributed by atoms with E-state index in [9.17, 15) is 4.57 Å². The average molecular weight is 626 g/mol. The predicted molar refractivity (Wildman–Crippen MR) is 167 cm³/mol. The summed E-state index contributed by atoms with van der Waals surface area (Å²) in [4.78, 5) is 11.6. The van der Waals surface area contributed by atoms with Crippen LogP contribution < -0.4 is 30.9 Å². The van der Waals surface area contributed by atoms with Gasteiger partial charge < -0.3 is 30.2 Å². The SMILES string of the molecule is COc1cc(N2CCNCC2)c(-c2cnn(C)c2)cc1Nc1ncc(Br)c(Nc2ccc(C)cc2P(C)(C)=O)n1. The number of aromatic nitrogens is 4. The van der Waals surface area contributed by atoms with Gasteiger partial charge in [-0.1, -0.05) is 11.6 Å². The third-order valence-electron chi connectivity index (χ3n) is 6.77. The summed E-state index contributed by atoms with van der Waals surface area (Å²) in [5.74, 6) is 1.63. The van der Waals surface area contributed by atoms with E-state index in [0.717, 1.165) is 65.2 Å². The largest absolute Gasteiger partial charge is 0.494 e. The van der Waals surface area contributed by atoms with Crippen molar-refractivity contribution in [2.75, 3.05) is 62.2 Å². The van der Waals surface area contributed by atoms with Gasteiger partial charge in [-0.25, -0.2) is 4.98 Å². The highest BCUT2D eigenvalue weighted by atomic mass is 79.9. The van der Waals surface area contributed by atoms with Crippen LogP contribution in [0.25, 0.3) is 11.1 Å². The van der Waals surface area contributed by atoms with Crippen LogP contribution in [-0.4, -0.2) is 66.4 Å². The number of benzene rings is 2. The minimum atomic E-state index is -2.53. The molecule has 12 heteroatoms. The van der Waals surface area contributed by atoms with Crippen molar-refractivity contribution in [2.24, 2.45) is 7.05 Å². The van der Waals surface area contributed by atoms with Crippen molar-refractivity contribution in [3.8, 4) is 16.9 Å². The Bertz CT molecular complexity index is 1580. The Hall–Kier alpha value is -3.40. The second-order valence-electron chi connectivity index (χ2n) is 10.2. The van der Waals surface area contributed by atoms with Gasteiger partial charge in [-0.3, -0.25) is 4.68 Å². The fraction of sp³-hybridized carbons (Fsp3) is 0.321. The molecular weight excluding hydrogens is 591 g/mol. The monoisotopic (exact) mass is 624 g/mol. The zero-order chi connectivity index (χ0) is 28.4. The molecule has 10 nitrogen and oxygen atoms in total. The van der Waals surface area contributed by atoms with Crippen molar-refractivity contribution in [1.29, 1.82) is 0 Å². The molecule has 1 fully saturated rings. The Morgan fingerprint density at radius 2 is 1.85 bits per heavy atom. The first kappa shape index (κ1) is 28.1. The van der Waals surface area contributed by atoms with Crippen molar-refractivity contribution in [3.63, 3.8) is 0 Å². The van der Waals surface area contributed by atoms with Crippen molar-refractivity contribution < 1.29 is 9.30 Å². The summed E-state index contributed by atoms with van der Waals surface area (Å²) in [6.07, 6.45) is 5.57. The zero-order valence-electron chi connectivity index (χ0n) is 23.3. The standard InChI is InChI=1S/C28H34BrN8O2P/c1-18-6-7-22(26(12-18)40(4,5)38)33-27-21(29)16-31-28(35-27)34-23-13-20(19-15-32-36(2)17-19)24(14-25(23)39-3)37-10-8-30-9-11-37/h6-7,12-17,30H,8-11H2,1-5H3,(H2,31,33,34,35). The van der Waals surface area contributed by atoms with Gasteiger partial charge in [0.2, 0.25) is 5.95 Å². The summed E-state index contributed by atoms with van der Waals surface area (Å²) in [6.45, 7) is 9.18. The summed E-state index contributed by atoms with van der Waals surface area (Å²) in [7, 11) is 1.04. The van der Waals surface area contributed by atoms with Crippen LogP contribution in [0.2, 0.25) is 0 Å². The third kappa shape index (κ3) is 6.16. The molecule has 0 aliphatic carbocycles. The molecule has 0 radical (unpaired) electrons. The maximum atomic E-state index is 13.0. The van der Waals surface area contributed by atoms with Gasteiger partial charge in [0, 0.05) is 73.8 Å². The van der Waals surface area contributed by atoms with Crippen molar-refractivity contribution >= 4 is 57.2 Å². The molecule has 40 heavy (non-hydrogen) atoms. The Labute approximate surface area is 243 Å². The highest BCUT2D eigenvalue weighted by Crippen LogP contribution is 2.41. The maximum absolute atomic E-state index is 13.0. The van der Waals surface area contributed by atoms with E-state index in [2.05, 4.69) is 59.0 Å². The average Bonchev–Trinajstić information content (AvgIpc) is 3.37. The molecule has 0 spiro atoms. The number of nitrogens with one attached hydrogen (secondary N) is 3. The van der Waals surface area contributed by atoms with Gasteiger partial charge in [0.05, 0.1) is 29.2 Å². The second-order valence-corrected chi connectivity index (χ2v) is 14.3. The van der Waals surface area contributed by atoms with Gasteiger partial charge in [-0.2, -0.15) is 10.1 Å². The summed E-state index contributed by atoms with van der Waals surface area (Å²) in [5, 5.41) is 15.3. The lowest BCUT2D eigenvalue weighted by molar-refractivity contribution is 0.416. The van der Waals surface area contributed by atoms with Gasteiger partial charge in [0.25, 0.3) is 0 Å². The van der Waals surface area contributed by atoms with Gasteiger partial charge in [0.15, 0.2) is 0 Å². The van der Waals surface area contributed by atoms with Gasteiger partial charge in [-0.15, -0.1) is 0 Å². The molecule has 1 aliphatic heterocycles. The molecule has 5 rings (SSSR count). The Balaban J connectivity index is 1.52. The number of rotatable bonds is 8. The molecule has 0 bridgehead atoms. The van der Waals surface area contributed by atoms with Crippen LogP contribution in [0, 0.1) is 6.92 Å². The van der Waals surface area contributed by atoms with Crippen LogP contribution in [-0.2, 0) is 11.6 Å². The lowest BCUT2D eigenvalue weighted by Crippen LogP contribution is -2.43. The number of methoxy groups -OCH3 is 1. The number of piperazine rings is 1. The predicted octanol–water partition coefficient (Wildman–Crippen LogP) is 5.10. The Morgan fingerprint density at radius 1 is 1.07 bits per heavy atom. The van der Waals surface area contributed by atoms with E-state index in [-0.39, 0.29) is 0 Å². The van der Waals surface area contributed by atoms with Crippen LogP contribution in [0.3, 0.4) is 0 Å². The molecule has 2 aromatic carbocycles. The first-order chi connectivity index (χ1) is 19.1. The van der Waals surface area contributed by atoms with E-state index in [1.54, 1.807) is 31.3 Å². The molecule has 1 saturated heterocycles. The minimum absolute atomic E-state index is 0.390. The molecule has 0 atom stereocenters. The highest BCUT2D eigenvalue weighted by molar-refractivity contribution is 9.10. The maximum Gasteiger partial charge on any atom is 0.229 e. The molecule has 4 aromatic rings. The van der Waals surface area contributed by atoms with Crippen molar-refractivity contribution in [2.45, 2.75) is 6.92 Å². The van der Waals surface area contributed by atoms with Crippen molar-refractivity contribution in [1.82, 2.24) is 25.1 Å². The van der Waals surface area contributed by atoms with Crippen molar-refractivity contribution in [3.05, 3.63) is 59.0 Å². The van der Waals surface area contributed by atoms with E-state index in [0.29, 0.717) is 22.0 Å². The highest BCUT2D eigenvalue weighted by Gasteiger charge is 2.21. The van der Waals surface area contributed by atoms with Crippen LogP contribution in [0.15, 0.2) is 53.4 Å². The molecule has 210 valence electrons. The number of aryl methyl sites for hydroxylation is 2. The fourth-order valence-electron chi connectivity index (χ4n) is 4.75. The van der Waals surface area contributed by atoms with Gasteiger partial charge >= 0.3 is 0 Å². The Kier molecular flexibility index (Phi) is 8.16. The van der Waals surface area contributed by atoms with Gasteiger partial charge in [0.1, 0.15) is 18.7 Å².